The van der Waals surface area contributed by atoms with Crippen molar-refractivity contribution in [1.29, 1.82) is 0 Å². The molecule has 0 aromatic carbocycles. The largest absolute Gasteiger partial charge is 0.379 e. The predicted molar refractivity (Wildman–Crippen MR) is 31.8 cm³/mol. The third-order valence-corrected chi connectivity index (χ3v) is 0.675. The Balaban J connectivity index is 2.62. The highest BCUT2D eigenvalue weighted by molar-refractivity contribution is 4.36. The van der Waals surface area contributed by atoms with Crippen LogP contribution < -0.4 is 0 Å². The maximum atomic E-state index is 9.44. The lowest BCUT2D eigenvalue weighted by Crippen LogP contribution is -1.97. The summed E-state index contributed by atoms with van der Waals surface area (Å²) < 4.78 is 4.93. The molecule has 0 spiro atoms. The molecule has 0 bridgehead atoms. The van der Waals surface area contributed by atoms with Gasteiger partial charge < -0.3 is 4.74 Å². The summed E-state index contributed by atoms with van der Waals surface area (Å²) in [5.41, 5.74) is 0. The Morgan fingerprint density at radius 3 is 2.75 bits per heavy atom. The van der Waals surface area contributed by atoms with E-state index in [-0.39, 0.29) is 6.54 Å². The Bertz CT molecular complexity index is 56.4. The van der Waals surface area contributed by atoms with Crippen LogP contribution in [0.2, 0.25) is 0 Å². The Morgan fingerprint density at radius 1 is 1.50 bits per heavy atom. The number of rotatable bonds is 5. The second-order valence-electron chi connectivity index (χ2n) is 1.47. The van der Waals surface area contributed by atoms with E-state index in [1.54, 1.807) is 0 Å². The third kappa shape index (κ3) is 5.56. The molecule has 0 aliphatic heterocycles. The van der Waals surface area contributed by atoms with Gasteiger partial charge in [-0.05, 0) is 6.42 Å². The normalized spacial score (nSPS) is 9.12. The summed E-state index contributed by atoms with van der Waals surface area (Å²) in [5, 5.41) is 2.63. The molecule has 0 amide bonds. The fraction of sp³-hybridized carbons (Fsp3) is 1.00. The van der Waals surface area contributed by atoms with E-state index in [2.05, 4.69) is 5.18 Å². The molecule has 0 aliphatic rings. The van der Waals surface area contributed by atoms with E-state index < -0.39 is 0 Å². The van der Waals surface area contributed by atoms with Gasteiger partial charge in [-0.15, -0.1) is 0 Å². The minimum atomic E-state index is 0.278. The van der Waals surface area contributed by atoms with Gasteiger partial charge in [0.1, 0.15) is 6.54 Å². The first kappa shape index (κ1) is 7.56. The van der Waals surface area contributed by atoms with Crippen LogP contribution >= 0.6 is 0 Å². The SMILES string of the molecule is CCCOCCN=O. The van der Waals surface area contributed by atoms with E-state index in [0.717, 1.165) is 13.0 Å². The summed E-state index contributed by atoms with van der Waals surface area (Å²) in [7, 11) is 0. The lowest BCUT2D eigenvalue weighted by Gasteiger charge is -1.94. The molecule has 0 atom stereocenters. The van der Waals surface area contributed by atoms with E-state index in [0.29, 0.717) is 6.61 Å². The van der Waals surface area contributed by atoms with Crippen molar-refractivity contribution in [1.82, 2.24) is 0 Å². The van der Waals surface area contributed by atoms with Gasteiger partial charge in [-0.1, -0.05) is 12.1 Å². The van der Waals surface area contributed by atoms with E-state index in [1.807, 2.05) is 6.92 Å². The maximum Gasteiger partial charge on any atom is 0.104 e. The molecular weight excluding hydrogens is 106 g/mol. The average molecular weight is 117 g/mol. The summed E-state index contributed by atoms with van der Waals surface area (Å²) in [6, 6.07) is 0. The Hall–Kier alpha value is -0.440. The number of hydrogen-bond donors (Lipinski definition) is 0. The Labute approximate surface area is 49.0 Å². The quantitative estimate of drug-likeness (QED) is 0.400. The van der Waals surface area contributed by atoms with Crippen LogP contribution in [-0.4, -0.2) is 19.8 Å². The van der Waals surface area contributed by atoms with Crippen LogP contribution in [0, 0.1) is 4.91 Å². The summed E-state index contributed by atoms with van der Waals surface area (Å²) >= 11 is 0. The maximum absolute atomic E-state index is 9.44. The highest BCUT2D eigenvalue weighted by atomic mass is 16.5. The van der Waals surface area contributed by atoms with Crippen molar-refractivity contribution in [2.24, 2.45) is 5.18 Å². The number of nitroso groups, excluding NO2 is 1. The van der Waals surface area contributed by atoms with Crippen molar-refractivity contribution in [3.63, 3.8) is 0 Å². The zero-order valence-corrected chi connectivity index (χ0v) is 5.09. The first-order chi connectivity index (χ1) is 3.91. The molecule has 0 N–H and O–H groups in total. The summed E-state index contributed by atoms with van der Waals surface area (Å²) in [4.78, 5) is 9.44. The van der Waals surface area contributed by atoms with E-state index >= 15 is 0 Å². The lowest BCUT2D eigenvalue weighted by atomic mass is 10.5. The van der Waals surface area contributed by atoms with Gasteiger partial charge in [0.15, 0.2) is 0 Å². The van der Waals surface area contributed by atoms with Crippen LogP contribution in [0.4, 0.5) is 0 Å². The molecular formula is C5H11NO2. The van der Waals surface area contributed by atoms with Crippen molar-refractivity contribution in [3.05, 3.63) is 4.91 Å². The molecule has 0 fully saturated rings. The van der Waals surface area contributed by atoms with E-state index in [1.165, 1.54) is 0 Å². The van der Waals surface area contributed by atoms with Gasteiger partial charge in [-0.3, -0.25) is 0 Å². The molecule has 0 unspecified atom stereocenters. The van der Waals surface area contributed by atoms with Gasteiger partial charge in [-0.2, -0.15) is 4.91 Å². The molecule has 0 aromatic heterocycles. The Morgan fingerprint density at radius 2 is 2.25 bits per heavy atom. The van der Waals surface area contributed by atoms with Gasteiger partial charge in [-0.25, -0.2) is 0 Å². The molecule has 3 heteroatoms. The van der Waals surface area contributed by atoms with Crippen LogP contribution in [0.5, 0.6) is 0 Å². The molecule has 8 heavy (non-hydrogen) atoms. The summed E-state index contributed by atoms with van der Waals surface area (Å²) in [6.45, 7) is 3.50. The number of nitrogens with zero attached hydrogens (tertiary/aromatic N) is 1. The van der Waals surface area contributed by atoms with Crippen molar-refractivity contribution in [3.8, 4) is 0 Å². The van der Waals surface area contributed by atoms with E-state index in [9.17, 15) is 4.91 Å². The van der Waals surface area contributed by atoms with Crippen LogP contribution in [0.1, 0.15) is 13.3 Å². The predicted octanol–water partition coefficient (Wildman–Crippen LogP) is 1.18. The second-order valence-corrected chi connectivity index (χ2v) is 1.47. The van der Waals surface area contributed by atoms with Crippen molar-refractivity contribution >= 4 is 0 Å². The monoisotopic (exact) mass is 117 g/mol. The summed E-state index contributed by atoms with van der Waals surface area (Å²) in [6.07, 6.45) is 0.999. The number of hydrogen-bond acceptors (Lipinski definition) is 3. The molecule has 0 heterocycles. The first-order valence-corrected chi connectivity index (χ1v) is 2.78. The zero-order chi connectivity index (χ0) is 6.24. The van der Waals surface area contributed by atoms with Crippen molar-refractivity contribution in [2.45, 2.75) is 13.3 Å². The van der Waals surface area contributed by atoms with Gasteiger partial charge in [0.25, 0.3) is 0 Å². The molecule has 48 valence electrons. The van der Waals surface area contributed by atoms with E-state index in [4.69, 9.17) is 4.74 Å². The summed E-state index contributed by atoms with van der Waals surface area (Å²) in [5.74, 6) is 0. The fourth-order valence-electron chi connectivity index (χ4n) is 0.348. The van der Waals surface area contributed by atoms with Gasteiger partial charge in [0, 0.05) is 6.61 Å². The van der Waals surface area contributed by atoms with Crippen molar-refractivity contribution in [2.75, 3.05) is 19.8 Å². The van der Waals surface area contributed by atoms with Gasteiger partial charge in [0.2, 0.25) is 0 Å². The standard InChI is InChI=1S/C5H11NO2/c1-2-4-8-5-3-6-7/h2-5H2,1H3. The van der Waals surface area contributed by atoms with Gasteiger partial charge >= 0.3 is 0 Å². The smallest absolute Gasteiger partial charge is 0.104 e. The zero-order valence-electron chi connectivity index (χ0n) is 5.09. The van der Waals surface area contributed by atoms with Crippen molar-refractivity contribution < 1.29 is 4.74 Å². The Kier molecular flexibility index (Phi) is 6.20. The highest BCUT2D eigenvalue weighted by Crippen LogP contribution is 1.78. The molecule has 0 rings (SSSR count). The van der Waals surface area contributed by atoms with Crippen LogP contribution in [0.25, 0.3) is 0 Å². The van der Waals surface area contributed by atoms with Gasteiger partial charge in [0.05, 0.1) is 6.61 Å². The highest BCUT2D eigenvalue weighted by Gasteiger charge is 1.82. The molecule has 0 saturated carbocycles. The molecule has 0 aromatic rings. The second kappa shape index (κ2) is 6.56. The molecule has 0 aliphatic carbocycles. The van der Waals surface area contributed by atoms with Crippen LogP contribution in [0.3, 0.4) is 0 Å². The third-order valence-electron chi connectivity index (χ3n) is 0.675. The van der Waals surface area contributed by atoms with Crippen LogP contribution in [-0.2, 0) is 4.74 Å². The first-order valence-electron chi connectivity index (χ1n) is 2.78. The molecule has 0 saturated heterocycles. The minimum Gasteiger partial charge on any atom is -0.379 e. The minimum absolute atomic E-state index is 0.278. The topological polar surface area (TPSA) is 38.7 Å². The fourth-order valence-corrected chi connectivity index (χ4v) is 0.348. The molecule has 3 nitrogen and oxygen atoms in total. The number of ether oxygens (including phenoxy) is 1. The lowest BCUT2D eigenvalue weighted by molar-refractivity contribution is 0.142. The average Bonchev–Trinajstić information content (AvgIpc) is 1.81. The van der Waals surface area contributed by atoms with Crippen LogP contribution in [0.15, 0.2) is 5.18 Å². The molecule has 0 radical (unpaired) electrons.